The Balaban J connectivity index is 2.00. The molecule has 1 N–H and O–H groups in total. The van der Waals surface area contributed by atoms with Gasteiger partial charge in [-0.2, -0.15) is 4.31 Å². The van der Waals surface area contributed by atoms with Gasteiger partial charge in [0, 0.05) is 12.2 Å². The maximum absolute atomic E-state index is 13.6. The summed E-state index contributed by atoms with van der Waals surface area (Å²) in [6.45, 7) is 7.85. The molecule has 0 saturated heterocycles. The first-order chi connectivity index (χ1) is 15.7. The fourth-order valence-electron chi connectivity index (χ4n) is 3.51. The molecule has 0 unspecified atom stereocenters. The van der Waals surface area contributed by atoms with Crippen LogP contribution in [0.5, 0.6) is 5.75 Å². The average molecular weight is 471 g/mol. The van der Waals surface area contributed by atoms with Gasteiger partial charge in [-0.3, -0.25) is 0 Å². The summed E-state index contributed by atoms with van der Waals surface area (Å²) in [4.78, 5) is 15.6. The first kappa shape index (κ1) is 24.5. The van der Waals surface area contributed by atoms with Crippen molar-refractivity contribution >= 4 is 16.0 Å². The van der Waals surface area contributed by atoms with Crippen LogP contribution < -0.4 is 4.74 Å². The van der Waals surface area contributed by atoms with Gasteiger partial charge in [0.1, 0.15) is 11.4 Å². The first-order valence-electron chi connectivity index (χ1n) is 10.7. The number of nitrogens with one attached hydrogen (secondary N) is 1. The van der Waals surface area contributed by atoms with Crippen LogP contribution in [0.25, 0.3) is 0 Å². The summed E-state index contributed by atoms with van der Waals surface area (Å²) in [6, 6.07) is 14.1. The minimum atomic E-state index is -3.81. The van der Waals surface area contributed by atoms with Crippen LogP contribution in [-0.2, 0) is 27.8 Å². The van der Waals surface area contributed by atoms with E-state index in [1.165, 1.54) is 4.31 Å². The highest BCUT2D eigenvalue weighted by atomic mass is 32.2. The molecule has 0 aliphatic carbocycles. The third kappa shape index (κ3) is 5.46. The van der Waals surface area contributed by atoms with Crippen molar-refractivity contribution in [2.24, 2.45) is 0 Å². The molecule has 0 aliphatic heterocycles. The standard InChI is InChI=1S/C25H30N2O5S/c1-6-32-25(28)24-19(4)18(3)23(26-24)16-27(15-20-9-11-21(31-5)12-10-20)33(29,30)22-13-7-17(2)8-14-22/h7-14,26H,6,15-16H2,1-5H3. The van der Waals surface area contributed by atoms with E-state index in [0.717, 1.165) is 22.3 Å². The lowest BCUT2D eigenvalue weighted by molar-refractivity contribution is 0.0519. The summed E-state index contributed by atoms with van der Waals surface area (Å²) in [5, 5.41) is 0. The van der Waals surface area contributed by atoms with Gasteiger partial charge in [-0.25, -0.2) is 13.2 Å². The highest BCUT2D eigenvalue weighted by Crippen LogP contribution is 2.26. The van der Waals surface area contributed by atoms with Gasteiger partial charge in [0.05, 0.1) is 25.2 Å². The van der Waals surface area contributed by atoms with Crippen molar-refractivity contribution in [3.05, 3.63) is 82.2 Å². The van der Waals surface area contributed by atoms with Crippen molar-refractivity contribution in [2.45, 2.75) is 45.7 Å². The maximum atomic E-state index is 13.6. The van der Waals surface area contributed by atoms with Gasteiger partial charge in [-0.1, -0.05) is 29.8 Å². The molecule has 0 atom stereocenters. The Hall–Kier alpha value is -3.10. The highest BCUT2D eigenvalue weighted by molar-refractivity contribution is 7.89. The minimum Gasteiger partial charge on any atom is -0.497 e. The molecule has 0 amide bonds. The number of rotatable bonds is 9. The molecule has 0 fully saturated rings. The number of methoxy groups -OCH3 is 1. The van der Waals surface area contributed by atoms with Crippen molar-refractivity contribution in [3.8, 4) is 5.75 Å². The molecule has 1 heterocycles. The largest absolute Gasteiger partial charge is 0.497 e. The van der Waals surface area contributed by atoms with E-state index >= 15 is 0 Å². The number of aromatic amines is 1. The second kappa shape index (κ2) is 10.2. The third-order valence-corrected chi connectivity index (χ3v) is 7.46. The van der Waals surface area contributed by atoms with Gasteiger partial charge >= 0.3 is 5.97 Å². The number of hydrogen-bond acceptors (Lipinski definition) is 5. The third-order valence-electron chi connectivity index (χ3n) is 5.66. The van der Waals surface area contributed by atoms with Gasteiger partial charge in [-0.15, -0.1) is 0 Å². The summed E-state index contributed by atoms with van der Waals surface area (Å²) in [6.07, 6.45) is 0. The van der Waals surface area contributed by atoms with E-state index in [2.05, 4.69) is 4.98 Å². The summed E-state index contributed by atoms with van der Waals surface area (Å²) in [7, 11) is -2.23. The first-order valence-corrected chi connectivity index (χ1v) is 12.2. The Labute approximate surface area is 195 Å². The molecule has 3 rings (SSSR count). The van der Waals surface area contributed by atoms with Crippen molar-refractivity contribution in [3.63, 3.8) is 0 Å². The summed E-state index contributed by atoms with van der Waals surface area (Å²) in [5.41, 5.74) is 4.38. The van der Waals surface area contributed by atoms with Crippen LogP contribution in [0.2, 0.25) is 0 Å². The average Bonchev–Trinajstić information content (AvgIpc) is 3.08. The summed E-state index contributed by atoms with van der Waals surface area (Å²) in [5.74, 6) is 0.244. The molecule has 2 aromatic carbocycles. The predicted molar refractivity (Wildman–Crippen MR) is 127 cm³/mol. The lowest BCUT2D eigenvalue weighted by Gasteiger charge is -2.23. The Bertz CT molecular complexity index is 1210. The lowest BCUT2D eigenvalue weighted by atomic mass is 10.1. The smallest absolute Gasteiger partial charge is 0.355 e. The van der Waals surface area contributed by atoms with Crippen LogP contribution in [0, 0.1) is 20.8 Å². The summed E-state index contributed by atoms with van der Waals surface area (Å²) < 4.78 is 39.0. The quantitative estimate of drug-likeness (QED) is 0.465. The van der Waals surface area contributed by atoms with Crippen LogP contribution in [0.4, 0.5) is 0 Å². The number of esters is 1. The van der Waals surface area contributed by atoms with Crippen molar-refractivity contribution in [1.29, 1.82) is 0 Å². The second-order valence-corrected chi connectivity index (χ2v) is 9.82. The zero-order valence-corrected chi connectivity index (χ0v) is 20.5. The number of aromatic nitrogens is 1. The Morgan fingerprint density at radius 2 is 1.58 bits per heavy atom. The van der Waals surface area contributed by atoms with E-state index in [0.29, 0.717) is 17.1 Å². The van der Waals surface area contributed by atoms with Gasteiger partial charge in [0.2, 0.25) is 10.0 Å². The molecular weight excluding hydrogens is 440 g/mol. The number of ether oxygens (including phenoxy) is 2. The normalized spacial score (nSPS) is 11.6. The highest BCUT2D eigenvalue weighted by Gasteiger charge is 2.27. The Morgan fingerprint density at radius 1 is 0.939 bits per heavy atom. The molecule has 33 heavy (non-hydrogen) atoms. The van der Waals surface area contributed by atoms with Crippen molar-refractivity contribution in [2.75, 3.05) is 13.7 Å². The minimum absolute atomic E-state index is 0.0777. The van der Waals surface area contributed by atoms with Crippen LogP contribution >= 0.6 is 0 Å². The fourth-order valence-corrected chi connectivity index (χ4v) is 4.91. The molecule has 0 radical (unpaired) electrons. The van der Waals surface area contributed by atoms with Crippen LogP contribution in [-0.4, -0.2) is 37.4 Å². The van der Waals surface area contributed by atoms with E-state index in [1.54, 1.807) is 50.4 Å². The number of aryl methyl sites for hydroxylation is 1. The van der Waals surface area contributed by atoms with E-state index < -0.39 is 16.0 Å². The number of hydrogen-bond donors (Lipinski definition) is 1. The molecule has 0 saturated carbocycles. The summed E-state index contributed by atoms with van der Waals surface area (Å²) >= 11 is 0. The number of H-pyrrole nitrogens is 1. The maximum Gasteiger partial charge on any atom is 0.355 e. The lowest BCUT2D eigenvalue weighted by Crippen LogP contribution is -2.30. The van der Waals surface area contributed by atoms with E-state index in [9.17, 15) is 13.2 Å². The monoisotopic (exact) mass is 470 g/mol. The molecule has 0 aliphatic rings. The topological polar surface area (TPSA) is 88.7 Å². The van der Waals surface area contributed by atoms with Gasteiger partial charge in [0.25, 0.3) is 0 Å². The van der Waals surface area contributed by atoms with Crippen molar-refractivity contribution < 1.29 is 22.7 Å². The molecule has 8 heteroatoms. The second-order valence-electron chi connectivity index (χ2n) is 7.88. The number of benzene rings is 2. The SMILES string of the molecule is CCOC(=O)c1[nH]c(CN(Cc2ccc(OC)cc2)S(=O)(=O)c2ccc(C)cc2)c(C)c1C. The van der Waals surface area contributed by atoms with E-state index in [-0.39, 0.29) is 24.6 Å². The molecule has 0 bridgehead atoms. The molecule has 176 valence electrons. The molecule has 3 aromatic rings. The van der Waals surface area contributed by atoms with Crippen LogP contribution in [0.1, 0.15) is 45.4 Å². The van der Waals surface area contributed by atoms with E-state index in [1.807, 2.05) is 32.9 Å². The van der Waals surface area contributed by atoms with Gasteiger partial charge < -0.3 is 14.5 Å². The van der Waals surface area contributed by atoms with Crippen molar-refractivity contribution in [1.82, 2.24) is 9.29 Å². The molecular formula is C25H30N2O5S. The Morgan fingerprint density at radius 3 is 2.15 bits per heavy atom. The van der Waals surface area contributed by atoms with Gasteiger partial charge in [0.15, 0.2) is 0 Å². The molecule has 1 aromatic heterocycles. The number of sulfonamides is 1. The zero-order chi connectivity index (χ0) is 24.2. The number of nitrogens with zero attached hydrogens (tertiary/aromatic N) is 1. The fraction of sp³-hybridized carbons (Fsp3) is 0.320. The number of carbonyl (C=O) groups excluding carboxylic acids is 1. The molecule has 0 spiro atoms. The molecule has 7 nitrogen and oxygen atoms in total. The predicted octanol–water partition coefficient (Wildman–Crippen LogP) is 4.52. The Kier molecular flexibility index (Phi) is 7.61. The van der Waals surface area contributed by atoms with E-state index in [4.69, 9.17) is 9.47 Å². The number of carbonyl (C=O) groups is 1. The zero-order valence-electron chi connectivity index (χ0n) is 19.6. The van der Waals surface area contributed by atoms with Gasteiger partial charge in [-0.05, 0) is 68.7 Å². The van der Waals surface area contributed by atoms with Crippen LogP contribution in [0.3, 0.4) is 0 Å². The van der Waals surface area contributed by atoms with Crippen LogP contribution in [0.15, 0.2) is 53.4 Å².